The molecule has 0 amide bonds. The quantitative estimate of drug-likeness (QED) is 0.442. The highest BCUT2D eigenvalue weighted by molar-refractivity contribution is 7.99. The Bertz CT molecular complexity index is 670. The second-order valence-corrected chi connectivity index (χ2v) is 5.44. The van der Waals surface area contributed by atoms with Gasteiger partial charge in [-0.1, -0.05) is 49.4 Å². The van der Waals surface area contributed by atoms with Gasteiger partial charge in [0.05, 0.1) is 0 Å². The van der Waals surface area contributed by atoms with E-state index in [1.165, 1.54) is 26.4 Å². The number of hydrogen-bond donors (Lipinski definition) is 0. The Labute approximate surface area is 106 Å². The van der Waals surface area contributed by atoms with Crippen molar-refractivity contribution in [3.63, 3.8) is 0 Å². The van der Waals surface area contributed by atoms with Gasteiger partial charge in [-0.3, -0.25) is 0 Å². The lowest BCUT2D eigenvalue weighted by atomic mass is 10.0. The van der Waals surface area contributed by atoms with Crippen molar-refractivity contribution >= 4 is 33.3 Å². The summed E-state index contributed by atoms with van der Waals surface area (Å²) in [7, 11) is 0. The summed E-state index contributed by atoms with van der Waals surface area (Å²) in [4.78, 5) is 1.36. The van der Waals surface area contributed by atoms with Crippen molar-refractivity contribution in [3.8, 4) is 0 Å². The maximum Gasteiger partial charge on any atom is 0.00782 e. The predicted molar refractivity (Wildman–Crippen MR) is 77.9 cm³/mol. The largest absolute Gasteiger partial charge is 0.126 e. The third-order valence-corrected chi connectivity index (χ3v) is 3.90. The average Bonchev–Trinajstić information content (AvgIpc) is 2.39. The molecule has 0 aliphatic carbocycles. The van der Waals surface area contributed by atoms with E-state index in [9.17, 15) is 0 Å². The van der Waals surface area contributed by atoms with E-state index < -0.39 is 0 Å². The fraction of sp³-hybridized carbons (Fsp3) is 0.125. The summed E-state index contributed by atoms with van der Waals surface area (Å²) in [5, 5.41) is 5.35. The van der Waals surface area contributed by atoms with Crippen LogP contribution in [0.3, 0.4) is 0 Å². The van der Waals surface area contributed by atoms with E-state index >= 15 is 0 Å². The molecule has 0 N–H and O–H groups in total. The summed E-state index contributed by atoms with van der Waals surface area (Å²) in [6.45, 7) is 2.19. The van der Waals surface area contributed by atoms with Crippen molar-refractivity contribution in [1.29, 1.82) is 0 Å². The van der Waals surface area contributed by atoms with Gasteiger partial charge < -0.3 is 0 Å². The zero-order valence-corrected chi connectivity index (χ0v) is 10.6. The lowest BCUT2D eigenvalue weighted by Crippen LogP contribution is -1.79. The lowest BCUT2D eigenvalue weighted by Gasteiger charge is -2.05. The van der Waals surface area contributed by atoms with E-state index in [1.54, 1.807) is 0 Å². The second kappa shape index (κ2) is 4.42. The molecule has 0 fully saturated rings. The van der Waals surface area contributed by atoms with Gasteiger partial charge >= 0.3 is 0 Å². The molecule has 3 aromatic rings. The summed E-state index contributed by atoms with van der Waals surface area (Å²) in [6.07, 6.45) is 0. The molecule has 1 heteroatoms. The number of thioether (sulfide) groups is 1. The summed E-state index contributed by atoms with van der Waals surface area (Å²) in [5.74, 6) is 1.12. The normalized spacial score (nSPS) is 11.1. The van der Waals surface area contributed by atoms with Crippen LogP contribution < -0.4 is 0 Å². The van der Waals surface area contributed by atoms with Crippen LogP contribution in [0.1, 0.15) is 6.92 Å². The molecule has 0 unspecified atom stereocenters. The van der Waals surface area contributed by atoms with Crippen LogP contribution in [0.25, 0.3) is 21.5 Å². The minimum Gasteiger partial charge on any atom is -0.126 e. The summed E-state index contributed by atoms with van der Waals surface area (Å²) in [5.41, 5.74) is 0. The van der Waals surface area contributed by atoms with Gasteiger partial charge in [-0.05, 0) is 39.4 Å². The molecule has 3 aromatic carbocycles. The van der Waals surface area contributed by atoms with Gasteiger partial charge in [0, 0.05) is 4.90 Å². The molecule has 17 heavy (non-hydrogen) atoms. The zero-order valence-electron chi connectivity index (χ0n) is 9.81. The highest BCUT2D eigenvalue weighted by atomic mass is 32.2. The number of benzene rings is 3. The lowest BCUT2D eigenvalue weighted by molar-refractivity contribution is 1.46. The Balaban J connectivity index is 2.29. The molecule has 0 saturated heterocycles. The third kappa shape index (κ3) is 1.91. The molecule has 0 atom stereocenters. The van der Waals surface area contributed by atoms with Crippen molar-refractivity contribution in [2.45, 2.75) is 11.8 Å². The first-order chi connectivity index (χ1) is 8.38. The molecule has 0 heterocycles. The van der Waals surface area contributed by atoms with Gasteiger partial charge in [0.15, 0.2) is 0 Å². The van der Waals surface area contributed by atoms with E-state index in [0.717, 1.165) is 5.75 Å². The van der Waals surface area contributed by atoms with Crippen LogP contribution in [0, 0.1) is 0 Å². The number of fused-ring (bicyclic) bond motifs is 3. The van der Waals surface area contributed by atoms with Crippen LogP contribution in [0.2, 0.25) is 0 Å². The molecule has 0 aliphatic rings. The van der Waals surface area contributed by atoms with E-state index in [4.69, 9.17) is 0 Å². The molecule has 3 rings (SSSR count). The third-order valence-electron chi connectivity index (χ3n) is 3.03. The SMILES string of the molecule is CCSc1ccc2c(ccc3ccccc32)c1. The molecular weight excluding hydrogens is 224 g/mol. The molecule has 0 nitrogen and oxygen atoms in total. The van der Waals surface area contributed by atoms with Crippen molar-refractivity contribution in [2.24, 2.45) is 0 Å². The first kappa shape index (κ1) is 10.7. The predicted octanol–water partition coefficient (Wildman–Crippen LogP) is 5.11. The molecule has 0 spiro atoms. The van der Waals surface area contributed by atoms with Crippen molar-refractivity contribution in [1.82, 2.24) is 0 Å². The number of hydrogen-bond acceptors (Lipinski definition) is 1. The van der Waals surface area contributed by atoms with Crippen LogP contribution in [0.4, 0.5) is 0 Å². The molecule has 0 saturated carbocycles. The summed E-state index contributed by atoms with van der Waals surface area (Å²) < 4.78 is 0. The molecule has 0 aromatic heterocycles. The summed E-state index contributed by atoms with van der Waals surface area (Å²) in [6, 6.07) is 19.8. The van der Waals surface area contributed by atoms with Crippen LogP contribution in [-0.2, 0) is 0 Å². The van der Waals surface area contributed by atoms with E-state index in [1.807, 2.05) is 11.8 Å². The maximum atomic E-state index is 2.29. The van der Waals surface area contributed by atoms with Gasteiger partial charge in [0.1, 0.15) is 0 Å². The molecule has 0 aliphatic heterocycles. The van der Waals surface area contributed by atoms with Gasteiger partial charge in [-0.2, -0.15) is 0 Å². The minimum atomic E-state index is 1.12. The van der Waals surface area contributed by atoms with Gasteiger partial charge in [-0.25, -0.2) is 0 Å². The Morgan fingerprint density at radius 3 is 2.47 bits per heavy atom. The van der Waals surface area contributed by atoms with E-state index in [-0.39, 0.29) is 0 Å². The minimum absolute atomic E-state index is 1.12. The Morgan fingerprint density at radius 1 is 0.824 bits per heavy atom. The van der Waals surface area contributed by atoms with Crippen LogP contribution >= 0.6 is 11.8 Å². The molecule has 0 bridgehead atoms. The standard InChI is InChI=1S/C16H14S/c1-2-17-14-9-10-16-13(11-14)8-7-12-5-3-4-6-15(12)16/h3-11H,2H2,1H3. The first-order valence-electron chi connectivity index (χ1n) is 5.93. The Morgan fingerprint density at radius 2 is 1.59 bits per heavy atom. The molecule has 0 radical (unpaired) electrons. The first-order valence-corrected chi connectivity index (χ1v) is 6.91. The number of rotatable bonds is 2. The average molecular weight is 238 g/mol. The van der Waals surface area contributed by atoms with Crippen LogP contribution in [-0.4, -0.2) is 5.75 Å². The zero-order chi connectivity index (χ0) is 11.7. The van der Waals surface area contributed by atoms with Crippen LogP contribution in [0.15, 0.2) is 59.5 Å². The highest BCUT2D eigenvalue weighted by Crippen LogP contribution is 2.28. The van der Waals surface area contributed by atoms with Gasteiger partial charge in [-0.15, -0.1) is 11.8 Å². The van der Waals surface area contributed by atoms with E-state index in [2.05, 4.69) is 61.5 Å². The van der Waals surface area contributed by atoms with Crippen molar-refractivity contribution in [2.75, 3.05) is 5.75 Å². The summed E-state index contributed by atoms with van der Waals surface area (Å²) >= 11 is 1.90. The van der Waals surface area contributed by atoms with Gasteiger partial charge in [0.25, 0.3) is 0 Å². The van der Waals surface area contributed by atoms with Gasteiger partial charge in [0.2, 0.25) is 0 Å². The molecule has 84 valence electrons. The second-order valence-electron chi connectivity index (χ2n) is 4.10. The molecular formula is C16H14S. The smallest absolute Gasteiger partial charge is 0.00782 e. The van der Waals surface area contributed by atoms with Crippen LogP contribution in [0.5, 0.6) is 0 Å². The van der Waals surface area contributed by atoms with E-state index in [0.29, 0.717) is 0 Å². The fourth-order valence-electron chi connectivity index (χ4n) is 2.25. The Kier molecular flexibility index (Phi) is 2.77. The van der Waals surface area contributed by atoms with Crippen molar-refractivity contribution in [3.05, 3.63) is 54.6 Å². The maximum absolute atomic E-state index is 2.29. The topological polar surface area (TPSA) is 0 Å². The monoisotopic (exact) mass is 238 g/mol. The van der Waals surface area contributed by atoms with Crippen molar-refractivity contribution < 1.29 is 0 Å². The Hall–Kier alpha value is -1.47. The fourth-order valence-corrected chi connectivity index (χ4v) is 2.96. The highest BCUT2D eigenvalue weighted by Gasteiger charge is 2.00.